The number of hydrogen-bond acceptors (Lipinski definition) is 7. The van der Waals surface area contributed by atoms with Gasteiger partial charge in [-0.25, -0.2) is 0 Å². The molecule has 0 radical (unpaired) electrons. The van der Waals surface area contributed by atoms with E-state index < -0.39 is 0 Å². The van der Waals surface area contributed by atoms with Crippen molar-refractivity contribution >= 4 is 17.5 Å². The van der Waals surface area contributed by atoms with E-state index in [2.05, 4.69) is 5.32 Å². The molecule has 0 spiro atoms. The molecular weight excluding hydrogens is 390 g/mol. The number of amides is 1. The van der Waals surface area contributed by atoms with Crippen LogP contribution in [0.4, 0.5) is 0 Å². The van der Waals surface area contributed by atoms with Crippen molar-refractivity contribution in [3.05, 3.63) is 0 Å². The number of ether oxygens (including phenoxy) is 4. The summed E-state index contributed by atoms with van der Waals surface area (Å²) in [7, 11) is 0. The van der Waals surface area contributed by atoms with Crippen LogP contribution in [0.1, 0.15) is 59.8 Å². The van der Waals surface area contributed by atoms with Crippen LogP contribution in [0.15, 0.2) is 0 Å². The van der Waals surface area contributed by atoms with E-state index in [-0.39, 0.29) is 43.0 Å². The zero-order valence-corrected chi connectivity index (χ0v) is 19.2. The Bertz CT molecular complexity index is 466. The molecule has 0 heterocycles. The van der Waals surface area contributed by atoms with Crippen LogP contribution in [0.2, 0.25) is 0 Å². The summed E-state index contributed by atoms with van der Waals surface area (Å²) < 4.78 is 21.3. The van der Waals surface area contributed by atoms with E-state index >= 15 is 0 Å². The molecule has 0 rings (SSSR count). The number of carbonyl (C=O) groups excluding carboxylic acids is 3. The predicted octanol–water partition coefficient (Wildman–Crippen LogP) is 2.32. The van der Waals surface area contributed by atoms with Crippen LogP contribution in [0.5, 0.6) is 0 Å². The van der Waals surface area contributed by atoms with E-state index in [0.29, 0.717) is 71.4 Å². The molecule has 1 amide bonds. The average molecular weight is 432 g/mol. The molecule has 0 fully saturated rings. The molecule has 30 heavy (non-hydrogen) atoms. The van der Waals surface area contributed by atoms with Crippen molar-refractivity contribution in [2.75, 3.05) is 52.8 Å². The van der Waals surface area contributed by atoms with E-state index in [0.717, 1.165) is 0 Å². The monoisotopic (exact) mass is 431 g/mol. The van der Waals surface area contributed by atoms with Crippen molar-refractivity contribution in [1.82, 2.24) is 5.32 Å². The first kappa shape index (κ1) is 28.6. The normalized spacial score (nSPS) is 11.3. The second-order valence-corrected chi connectivity index (χ2v) is 7.83. The highest BCUT2D eigenvalue weighted by Crippen LogP contribution is 2.01. The van der Waals surface area contributed by atoms with Crippen LogP contribution in [0, 0.1) is 5.92 Å². The number of rotatable bonds is 21. The first-order valence-corrected chi connectivity index (χ1v) is 11.0. The third-order valence-corrected chi connectivity index (χ3v) is 3.89. The van der Waals surface area contributed by atoms with Gasteiger partial charge in [0.05, 0.1) is 39.1 Å². The van der Waals surface area contributed by atoms with Crippen molar-refractivity contribution in [2.45, 2.75) is 65.9 Å². The molecule has 0 atom stereocenters. The van der Waals surface area contributed by atoms with Gasteiger partial charge >= 0.3 is 0 Å². The van der Waals surface area contributed by atoms with Gasteiger partial charge in [0, 0.05) is 38.8 Å². The molecule has 0 aliphatic rings. The molecule has 1 N–H and O–H groups in total. The Hall–Kier alpha value is -1.35. The van der Waals surface area contributed by atoms with Crippen LogP contribution in [-0.2, 0) is 33.3 Å². The Labute approximate surface area is 181 Å². The number of carbonyl (C=O) groups is 3. The third-order valence-electron chi connectivity index (χ3n) is 3.89. The second kappa shape index (κ2) is 19.6. The van der Waals surface area contributed by atoms with Gasteiger partial charge in [-0.15, -0.1) is 0 Å². The maximum atomic E-state index is 11.8. The maximum absolute atomic E-state index is 11.8. The van der Waals surface area contributed by atoms with Gasteiger partial charge in [-0.05, 0) is 26.2 Å². The molecule has 0 saturated carbocycles. The molecule has 0 aromatic rings. The summed E-state index contributed by atoms with van der Waals surface area (Å²) in [5, 5.41) is 2.72. The summed E-state index contributed by atoms with van der Waals surface area (Å²) in [5.41, 5.74) is 0. The third kappa shape index (κ3) is 21.4. The van der Waals surface area contributed by atoms with Crippen molar-refractivity contribution in [3.63, 3.8) is 0 Å². The Balaban J connectivity index is 3.42. The zero-order chi connectivity index (χ0) is 22.6. The van der Waals surface area contributed by atoms with Gasteiger partial charge in [0.25, 0.3) is 0 Å². The Kier molecular flexibility index (Phi) is 18.7. The number of hydrogen-bond donors (Lipinski definition) is 1. The minimum absolute atomic E-state index is 0.0626. The SMILES string of the molecule is CC(C)CC(=O)COCCOCCNC(=O)CCC(=O)CCCOCCOC(C)C. The van der Waals surface area contributed by atoms with Gasteiger partial charge in [0.1, 0.15) is 12.4 Å². The molecule has 0 aromatic heterocycles. The quantitative estimate of drug-likeness (QED) is 0.278. The Morgan fingerprint density at radius 3 is 2.10 bits per heavy atom. The van der Waals surface area contributed by atoms with Gasteiger partial charge in [-0.1, -0.05) is 13.8 Å². The summed E-state index contributed by atoms with van der Waals surface area (Å²) in [6.45, 7) is 11.1. The van der Waals surface area contributed by atoms with Gasteiger partial charge in [0.15, 0.2) is 5.78 Å². The summed E-state index contributed by atoms with van der Waals surface area (Å²) in [6, 6.07) is 0. The van der Waals surface area contributed by atoms with Crippen molar-refractivity contribution < 1.29 is 33.3 Å². The molecule has 0 bridgehead atoms. The van der Waals surface area contributed by atoms with Gasteiger partial charge in [-0.2, -0.15) is 0 Å². The smallest absolute Gasteiger partial charge is 0.220 e. The number of nitrogens with one attached hydrogen (secondary N) is 1. The van der Waals surface area contributed by atoms with Crippen molar-refractivity contribution in [3.8, 4) is 0 Å². The molecule has 176 valence electrons. The van der Waals surface area contributed by atoms with Crippen LogP contribution in [0.25, 0.3) is 0 Å². The molecule has 8 nitrogen and oxygen atoms in total. The fourth-order valence-corrected chi connectivity index (χ4v) is 2.47. The van der Waals surface area contributed by atoms with E-state index in [1.165, 1.54) is 0 Å². The molecule has 0 aliphatic carbocycles. The van der Waals surface area contributed by atoms with Crippen LogP contribution in [-0.4, -0.2) is 76.4 Å². The highest BCUT2D eigenvalue weighted by atomic mass is 16.5. The summed E-state index contributed by atoms with van der Waals surface area (Å²) >= 11 is 0. The highest BCUT2D eigenvalue weighted by Gasteiger charge is 2.07. The standard InChI is InChI=1S/C22H41NO7/c1-18(2)16-21(25)17-29-13-12-28-11-9-23-22(26)8-7-20(24)6-5-10-27-14-15-30-19(3)4/h18-19H,5-17H2,1-4H3,(H,23,26). The van der Waals surface area contributed by atoms with E-state index in [9.17, 15) is 14.4 Å². The molecule has 8 heteroatoms. The molecule has 0 aromatic carbocycles. The van der Waals surface area contributed by atoms with Crippen molar-refractivity contribution in [2.24, 2.45) is 5.92 Å². The average Bonchev–Trinajstić information content (AvgIpc) is 2.66. The lowest BCUT2D eigenvalue weighted by molar-refractivity contribution is -0.126. The van der Waals surface area contributed by atoms with E-state index in [1.54, 1.807) is 0 Å². The zero-order valence-electron chi connectivity index (χ0n) is 19.2. The predicted molar refractivity (Wildman–Crippen MR) is 114 cm³/mol. The van der Waals surface area contributed by atoms with Gasteiger partial charge in [-0.3, -0.25) is 14.4 Å². The largest absolute Gasteiger partial charge is 0.379 e. The maximum Gasteiger partial charge on any atom is 0.220 e. The summed E-state index contributed by atoms with van der Waals surface area (Å²) in [5.74, 6) is 0.331. The van der Waals surface area contributed by atoms with Gasteiger partial charge < -0.3 is 24.3 Å². The summed E-state index contributed by atoms with van der Waals surface area (Å²) in [4.78, 5) is 35.0. The minimum Gasteiger partial charge on any atom is -0.379 e. The van der Waals surface area contributed by atoms with Crippen LogP contribution >= 0.6 is 0 Å². The lowest BCUT2D eigenvalue weighted by Gasteiger charge is -2.08. The Morgan fingerprint density at radius 2 is 1.40 bits per heavy atom. The second-order valence-electron chi connectivity index (χ2n) is 7.83. The van der Waals surface area contributed by atoms with Crippen LogP contribution < -0.4 is 5.32 Å². The fraction of sp³-hybridized carbons (Fsp3) is 0.864. The highest BCUT2D eigenvalue weighted by molar-refractivity contribution is 5.84. The fourth-order valence-electron chi connectivity index (χ4n) is 2.47. The molecule has 0 unspecified atom stereocenters. The number of Topliss-reactive ketones (excluding diaryl/α,β-unsaturated/α-hetero) is 2. The lowest BCUT2D eigenvalue weighted by atomic mass is 10.1. The van der Waals surface area contributed by atoms with E-state index in [1.807, 2.05) is 27.7 Å². The van der Waals surface area contributed by atoms with Gasteiger partial charge in [0.2, 0.25) is 5.91 Å². The first-order valence-electron chi connectivity index (χ1n) is 11.0. The summed E-state index contributed by atoms with van der Waals surface area (Å²) in [6.07, 6.45) is 2.21. The molecule has 0 aliphatic heterocycles. The number of ketones is 2. The first-order chi connectivity index (χ1) is 14.3. The topological polar surface area (TPSA) is 100 Å². The minimum atomic E-state index is -0.162. The Morgan fingerprint density at radius 1 is 0.733 bits per heavy atom. The molecule has 0 saturated heterocycles. The van der Waals surface area contributed by atoms with Crippen LogP contribution in [0.3, 0.4) is 0 Å². The van der Waals surface area contributed by atoms with E-state index in [4.69, 9.17) is 18.9 Å². The van der Waals surface area contributed by atoms with Crippen molar-refractivity contribution in [1.29, 1.82) is 0 Å². The molecular formula is C22H41NO7. The lowest BCUT2D eigenvalue weighted by Crippen LogP contribution is -2.28.